The van der Waals surface area contributed by atoms with Crippen LogP contribution in [0.4, 0.5) is 17.1 Å². The van der Waals surface area contributed by atoms with Gasteiger partial charge in [0.05, 0.1) is 22.3 Å². The van der Waals surface area contributed by atoms with Gasteiger partial charge in [-0.2, -0.15) is 0 Å². The number of halogens is 1. The minimum absolute atomic E-state index is 0.0292. The predicted octanol–water partition coefficient (Wildman–Crippen LogP) is 4.00. The summed E-state index contributed by atoms with van der Waals surface area (Å²) in [6, 6.07) is 11.8. The van der Waals surface area contributed by atoms with E-state index in [2.05, 4.69) is 5.32 Å². The molecule has 0 saturated heterocycles. The van der Waals surface area contributed by atoms with Crippen molar-refractivity contribution in [3.63, 3.8) is 0 Å². The number of rotatable bonds is 4. The molecule has 104 valence electrons. The van der Waals surface area contributed by atoms with E-state index in [1.807, 2.05) is 31.2 Å². The standard InChI is InChI=1S/C14H14ClN3O2/c1-9(11-4-2-3-5-12(11)15)17-14-7-6-10(18(19)20)8-13(14)16/h2-9,17H,16H2,1H3. The van der Waals surface area contributed by atoms with E-state index in [0.29, 0.717) is 16.4 Å². The molecule has 6 heteroatoms. The largest absolute Gasteiger partial charge is 0.397 e. The van der Waals surface area contributed by atoms with Crippen molar-refractivity contribution in [2.45, 2.75) is 13.0 Å². The Kier molecular flexibility index (Phi) is 4.10. The lowest BCUT2D eigenvalue weighted by Crippen LogP contribution is -2.09. The lowest BCUT2D eigenvalue weighted by atomic mass is 10.1. The molecule has 0 fully saturated rings. The Balaban J connectivity index is 2.22. The van der Waals surface area contributed by atoms with E-state index in [9.17, 15) is 10.1 Å². The van der Waals surface area contributed by atoms with Crippen molar-refractivity contribution < 1.29 is 4.92 Å². The van der Waals surface area contributed by atoms with Gasteiger partial charge in [-0.15, -0.1) is 0 Å². The first kappa shape index (κ1) is 14.1. The van der Waals surface area contributed by atoms with Crippen LogP contribution >= 0.6 is 11.6 Å². The Morgan fingerprint density at radius 2 is 2.00 bits per heavy atom. The molecular formula is C14H14ClN3O2. The van der Waals surface area contributed by atoms with Gasteiger partial charge in [0.25, 0.3) is 5.69 Å². The van der Waals surface area contributed by atoms with Crippen LogP contribution in [-0.2, 0) is 0 Å². The summed E-state index contributed by atoms with van der Waals surface area (Å²) in [5.41, 5.74) is 7.70. The second kappa shape index (κ2) is 5.79. The Morgan fingerprint density at radius 3 is 2.60 bits per heavy atom. The smallest absolute Gasteiger partial charge is 0.271 e. The minimum Gasteiger partial charge on any atom is -0.397 e. The van der Waals surface area contributed by atoms with Gasteiger partial charge in [-0.3, -0.25) is 10.1 Å². The van der Waals surface area contributed by atoms with E-state index in [1.54, 1.807) is 6.07 Å². The number of non-ortho nitro benzene ring substituents is 1. The fraction of sp³-hybridized carbons (Fsp3) is 0.143. The van der Waals surface area contributed by atoms with Gasteiger partial charge >= 0.3 is 0 Å². The monoisotopic (exact) mass is 291 g/mol. The van der Waals surface area contributed by atoms with Crippen LogP contribution in [0.15, 0.2) is 42.5 Å². The highest BCUT2D eigenvalue weighted by atomic mass is 35.5. The molecule has 0 aliphatic heterocycles. The molecule has 0 aromatic heterocycles. The van der Waals surface area contributed by atoms with Crippen molar-refractivity contribution in [1.82, 2.24) is 0 Å². The van der Waals surface area contributed by atoms with Gasteiger partial charge in [-0.1, -0.05) is 29.8 Å². The maximum Gasteiger partial charge on any atom is 0.271 e. The van der Waals surface area contributed by atoms with Crippen LogP contribution in [0.5, 0.6) is 0 Å². The number of nitro benzene ring substituents is 1. The number of nitrogen functional groups attached to an aromatic ring is 1. The third kappa shape index (κ3) is 3.00. The van der Waals surface area contributed by atoms with Gasteiger partial charge in [0.15, 0.2) is 0 Å². The quantitative estimate of drug-likeness (QED) is 0.507. The molecule has 1 atom stereocenters. The molecule has 0 bridgehead atoms. The third-order valence-electron chi connectivity index (χ3n) is 2.99. The molecule has 2 rings (SSSR count). The topological polar surface area (TPSA) is 81.2 Å². The first-order valence-electron chi connectivity index (χ1n) is 6.04. The molecular weight excluding hydrogens is 278 g/mol. The molecule has 1 unspecified atom stereocenters. The molecule has 0 spiro atoms. The third-order valence-corrected chi connectivity index (χ3v) is 3.33. The second-order valence-corrected chi connectivity index (χ2v) is 4.82. The zero-order valence-corrected chi connectivity index (χ0v) is 11.6. The Bertz CT molecular complexity index is 646. The van der Waals surface area contributed by atoms with Crippen molar-refractivity contribution in [2.75, 3.05) is 11.1 Å². The van der Waals surface area contributed by atoms with E-state index in [4.69, 9.17) is 17.3 Å². The van der Waals surface area contributed by atoms with Gasteiger partial charge < -0.3 is 11.1 Å². The predicted molar refractivity (Wildman–Crippen MR) is 81.0 cm³/mol. The summed E-state index contributed by atoms with van der Waals surface area (Å²) in [7, 11) is 0. The average molecular weight is 292 g/mol. The van der Waals surface area contributed by atoms with E-state index in [-0.39, 0.29) is 11.7 Å². The van der Waals surface area contributed by atoms with Gasteiger partial charge in [-0.25, -0.2) is 0 Å². The molecule has 2 aromatic rings. The van der Waals surface area contributed by atoms with Gasteiger partial charge in [0.2, 0.25) is 0 Å². The summed E-state index contributed by atoms with van der Waals surface area (Å²) < 4.78 is 0. The zero-order valence-electron chi connectivity index (χ0n) is 10.8. The van der Waals surface area contributed by atoms with Crippen molar-refractivity contribution in [3.05, 3.63) is 63.2 Å². The highest BCUT2D eigenvalue weighted by Crippen LogP contribution is 2.30. The van der Waals surface area contributed by atoms with Crippen LogP contribution in [0, 0.1) is 10.1 Å². The normalized spacial score (nSPS) is 11.9. The van der Waals surface area contributed by atoms with Crippen LogP contribution in [0.1, 0.15) is 18.5 Å². The Labute approximate surface area is 121 Å². The van der Waals surface area contributed by atoms with Crippen LogP contribution in [-0.4, -0.2) is 4.92 Å². The molecule has 20 heavy (non-hydrogen) atoms. The molecule has 2 aromatic carbocycles. The van der Waals surface area contributed by atoms with E-state index >= 15 is 0 Å². The van der Waals surface area contributed by atoms with Crippen molar-refractivity contribution >= 4 is 28.7 Å². The van der Waals surface area contributed by atoms with Crippen LogP contribution in [0.3, 0.4) is 0 Å². The lowest BCUT2D eigenvalue weighted by molar-refractivity contribution is -0.384. The number of nitrogens with zero attached hydrogens (tertiary/aromatic N) is 1. The molecule has 0 heterocycles. The molecule has 5 nitrogen and oxygen atoms in total. The first-order chi connectivity index (χ1) is 9.49. The molecule has 0 saturated carbocycles. The molecule has 3 N–H and O–H groups in total. The van der Waals surface area contributed by atoms with Crippen molar-refractivity contribution in [2.24, 2.45) is 0 Å². The van der Waals surface area contributed by atoms with Crippen LogP contribution < -0.4 is 11.1 Å². The number of hydrogen-bond donors (Lipinski definition) is 2. The van der Waals surface area contributed by atoms with E-state index in [1.165, 1.54) is 12.1 Å². The number of nitrogens with one attached hydrogen (secondary N) is 1. The van der Waals surface area contributed by atoms with Crippen molar-refractivity contribution in [1.29, 1.82) is 0 Å². The number of anilines is 2. The second-order valence-electron chi connectivity index (χ2n) is 4.42. The van der Waals surface area contributed by atoms with E-state index < -0.39 is 4.92 Å². The molecule has 0 aliphatic rings. The fourth-order valence-corrected chi connectivity index (χ4v) is 2.23. The Hall–Kier alpha value is -2.27. The maximum absolute atomic E-state index is 10.7. The molecule has 0 radical (unpaired) electrons. The van der Waals surface area contributed by atoms with Crippen LogP contribution in [0.25, 0.3) is 0 Å². The molecule has 0 amide bonds. The van der Waals surface area contributed by atoms with Crippen LogP contribution in [0.2, 0.25) is 5.02 Å². The minimum atomic E-state index is -0.475. The number of nitrogens with two attached hydrogens (primary N) is 1. The summed E-state index contributed by atoms with van der Waals surface area (Å²) in [6.45, 7) is 1.95. The summed E-state index contributed by atoms with van der Waals surface area (Å²) in [5, 5.41) is 14.5. The summed E-state index contributed by atoms with van der Waals surface area (Å²) in [5.74, 6) is 0. The summed E-state index contributed by atoms with van der Waals surface area (Å²) in [6.07, 6.45) is 0. The zero-order chi connectivity index (χ0) is 14.7. The summed E-state index contributed by atoms with van der Waals surface area (Å²) in [4.78, 5) is 10.2. The van der Waals surface area contributed by atoms with Gasteiger partial charge in [0.1, 0.15) is 0 Å². The van der Waals surface area contributed by atoms with Crippen molar-refractivity contribution in [3.8, 4) is 0 Å². The first-order valence-corrected chi connectivity index (χ1v) is 6.41. The summed E-state index contributed by atoms with van der Waals surface area (Å²) >= 11 is 6.13. The van der Waals surface area contributed by atoms with E-state index in [0.717, 1.165) is 5.56 Å². The van der Waals surface area contributed by atoms with Gasteiger partial charge in [-0.05, 0) is 24.6 Å². The highest BCUT2D eigenvalue weighted by Gasteiger charge is 2.13. The number of hydrogen-bond acceptors (Lipinski definition) is 4. The highest BCUT2D eigenvalue weighted by molar-refractivity contribution is 6.31. The SMILES string of the molecule is CC(Nc1ccc([N+](=O)[O-])cc1N)c1ccccc1Cl. The lowest BCUT2D eigenvalue weighted by Gasteiger charge is -2.18. The number of nitro groups is 1. The fourth-order valence-electron chi connectivity index (χ4n) is 1.93. The maximum atomic E-state index is 10.7. The van der Waals surface area contributed by atoms with Gasteiger partial charge in [0, 0.05) is 17.2 Å². The number of benzene rings is 2. The Morgan fingerprint density at radius 1 is 1.30 bits per heavy atom. The molecule has 0 aliphatic carbocycles. The average Bonchev–Trinajstić information content (AvgIpc) is 2.41.